The zero-order valence-electron chi connectivity index (χ0n) is 13.2. The molecule has 0 aliphatic heterocycles. The van der Waals surface area contributed by atoms with Crippen LogP contribution < -0.4 is 10.3 Å². The Morgan fingerprint density at radius 2 is 1.85 bits per heavy atom. The predicted molar refractivity (Wildman–Crippen MR) is 94.0 cm³/mol. The van der Waals surface area contributed by atoms with Crippen molar-refractivity contribution in [2.75, 3.05) is 0 Å². The van der Waals surface area contributed by atoms with Crippen LogP contribution in [0.5, 0.6) is 5.75 Å². The van der Waals surface area contributed by atoms with E-state index in [4.69, 9.17) is 0 Å². The summed E-state index contributed by atoms with van der Waals surface area (Å²) in [6.07, 6.45) is 0. The van der Waals surface area contributed by atoms with Crippen molar-refractivity contribution < 1.29 is 22.3 Å². The lowest BCUT2D eigenvalue weighted by Gasteiger charge is -2.07. The Bertz CT molecular complexity index is 985. The number of aromatic nitrogens is 5. The van der Waals surface area contributed by atoms with Crippen molar-refractivity contribution in [1.29, 1.82) is 0 Å². The molecule has 0 aliphatic rings. The standard InChI is InChI=1S/C15H10F4IN5O2/c16-14(17)27-9-3-1-8(2-4-9)10-5-6-12(26)25(24-10)7-11-21-13(23-22-11)15(18,19)20/h1-6,14H,7H2,(H,21,22,23). The molecule has 0 spiro atoms. The number of alkyl halides is 5. The van der Waals surface area contributed by atoms with Gasteiger partial charge in [-0.3, -0.25) is 4.79 Å². The molecule has 0 radical (unpaired) electrons. The second kappa shape index (κ2) is 7.62. The first kappa shape index (κ1) is 19.3. The maximum atomic E-state index is 13.2. The zero-order valence-corrected chi connectivity index (χ0v) is 15.4. The van der Waals surface area contributed by atoms with Crippen molar-refractivity contribution in [3.63, 3.8) is 0 Å². The van der Waals surface area contributed by atoms with Gasteiger partial charge in [-0.15, -0.1) is 10.2 Å². The molecule has 0 unspecified atom stereocenters. The van der Waals surface area contributed by atoms with E-state index < -0.39 is 21.9 Å². The van der Waals surface area contributed by atoms with Crippen molar-refractivity contribution >= 4 is 22.6 Å². The zero-order chi connectivity index (χ0) is 19.6. The van der Waals surface area contributed by atoms with Crippen LogP contribution in [0.3, 0.4) is 0 Å². The highest BCUT2D eigenvalue weighted by atomic mass is 127. The van der Waals surface area contributed by atoms with Gasteiger partial charge in [-0.05, 0) is 30.3 Å². The van der Waals surface area contributed by atoms with Gasteiger partial charge in [-0.2, -0.15) is 22.7 Å². The van der Waals surface area contributed by atoms with Gasteiger partial charge in [0.25, 0.3) is 5.56 Å². The Morgan fingerprint density at radius 3 is 2.44 bits per heavy atom. The molecule has 0 aliphatic carbocycles. The van der Waals surface area contributed by atoms with Crippen LogP contribution in [0.4, 0.5) is 17.6 Å². The molecule has 7 nitrogen and oxygen atoms in total. The topological polar surface area (TPSA) is 85.7 Å². The maximum absolute atomic E-state index is 13.2. The molecule has 142 valence electrons. The van der Waals surface area contributed by atoms with Gasteiger partial charge in [0, 0.05) is 34.2 Å². The molecule has 0 saturated heterocycles. The van der Waals surface area contributed by atoms with Crippen LogP contribution in [0.25, 0.3) is 11.3 Å². The highest BCUT2D eigenvalue weighted by Crippen LogP contribution is 2.32. The fraction of sp³-hybridized carbons (Fsp3) is 0.200. The van der Waals surface area contributed by atoms with Crippen molar-refractivity contribution in [2.24, 2.45) is 0 Å². The monoisotopic (exact) mass is 495 g/mol. The summed E-state index contributed by atoms with van der Waals surface area (Å²) in [6.45, 7) is -3.13. The number of halogens is 5. The molecule has 1 N–H and O–H groups in total. The molecule has 27 heavy (non-hydrogen) atoms. The summed E-state index contributed by atoms with van der Waals surface area (Å²) in [5.41, 5.74) is 0.440. The SMILES string of the molecule is O=c1ccc(-c2ccc(OC(F)F)cc2)nn1Cc1nnc(C(F)(F)I)[nH]1. The smallest absolute Gasteiger partial charge is 0.387 e. The molecule has 2 heterocycles. The minimum atomic E-state index is -3.22. The third kappa shape index (κ3) is 4.81. The van der Waals surface area contributed by atoms with Gasteiger partial charge < -0.3 is 9.72 Å². The van der Waals surface area contributed by atoms with E-state index in [2.05, 4.69) is 25.0 Å². The minimum absolute atomic E-state index is 0.0176. The molecule has 3 rings (SSSR count). The normalized spacial score (nSPS) is 11.8. The molecule has 12 heteroatoms. The Morgan fingerprint density at radius 1 is 1.15 bits per heavy atom. The lowest BCUT2D eigenvalue weighted by atomic mass is 10.1. The molecule has 0 fully saturated rings. The molecule has 1 aromatic carbocycles. The van der Waals surface area contributed by atoms with Crippen LogP contribution in [0.1, 0.15) is 11.6 Å². The molecule has 0 saturated carbocycles. The third-order valence-electron chi connectivity index (χ3n) is 3.34. The van der Waals surface area contributed by atoms with Crippen molar-refractivity contribution in [3.8, 4) is 17.0 Å². The average molecular weight is 495 g/mol. The molecule has 3 aromatic rings. The van der Waals surface area contributed by atoms with E-state index in [-0.39, 0.29) is 18.1 Å². The molecular weight excluding hydrogens is 485 g/mol. The van der Waals surface area contributed by atoms with E-state index in [9.17, 15) is 22.4 Å². The number of hydrogen-bond donors (Lipinski definition) is 1. The quantitative estimate of drug-likeness (QED) is 0.323. The highest BCUT2D eigenvalue weighted by molar-refractivity contribution is 14.1. The number of H-pyrrole nitrogens is 1. The summed E-state index contributed by atoms with van der Waals surface area (Å²) in [4.78, 5) is 14.3. The number of rotatable bonds is 6. The first-order chi connectivity index (χ1) is 12.7. The van der Waals surface area contributed by atoms with Crippen LogP contribution >= 0.6 is 22.6 Å². The average Bonchev–Trinajstić information content (AvgIpc) is 3.06. The van der Waals surface area contributed by atoms with Crippen LogP contribution in [0.15, 0.2) is 41.2 Å². The number of nitrogens with one attached hydrogen (secondary N) is 1. The molecular formula is C15H10F4IN5O2. The first-order valence-corrected chi connectivity index (χ1v) is 8.42. The minimum Gasteiger partial charge on any atom is -0.435 e. The summed E-state index contributed by atoms with van der Waals surface area (Å²) in [7, 11) is 0. The van der Waals surface area contributed by atoms with Gasteiger partial charge in [0.05, 0.1) is 5.69 Å². The Labute approximate surface area is 162 Å². The van der Waals surface area contributed by atoms with Crippen LogP contribution in [-0.4, -0.2) is 31.6 Å². The summed E-state index contributed by atoms with van der Waals surface area (Å²) in [5, 5.41) is 11.1. The van der Waals surface area contributed by atoms with E-state index in [1.54, 1.807) is 0 Å². The second-order valence-corrected chi connectivity index (χ2v) is 6.59. The predicted octanol–water partition coefficient (Wildman–Crippen LogP) is 3.16. The molecule has 0 atom stereocenters. The van der Waals surface area contributed by atoms with Crippen LogP contribution in [0, 0.1) is 0 Å². The lowest BCUT2D eigenvalue weighted by molar-refractivity contribution is -0.0498. The summed E-state index contributed by atoms with van der Waals surface area (Å²) < 4.78 is 52.8. The number of nitrogens with zero attached hydrogens (tertiary/aromatic N) is 4. The summed E-state index contributed by atoms with van der Waals surface area (Å²) in [5.74, 6) is -0.610. The Kier molecular flexibility index (Phi) is 5.43. The maximum Gasteiger partial charge on any atom is 0.387 e. The van der Waals surface area contributed by atoms with Crippen LogP contribution in [-0.2, 0) is 10.5 Å². The van der Waals surface area contributed by atoms with E-state index in [1.807, 2.05) is 0 Å². The van der Waals surface area contributed by atoms with Crippen molar-refractivity contribution in [2.45, 2.75) is 17.1 Å². The van der Waals surface area contributed by atoms with E-state index in [1.165, 1.54) is 36.4 Å². The van der Waals surface area contributed by atoms with Gasteiger partial charge in [0.1, 0.15) is 12.3 Å². The number of ether oxygens (including phenoxy) is 1. The van der Waals surface area contributed by atoms with Gasteiger partial charge in [-0.25, -0.2) is 4.68 Å². The van der Waals surface area contributed by atoms with Gasteiger partial charge in [0.15, 0.2) is 5.82 Å². The fourth-order valence-electron chi connectivity index (χ4n) is 2.16. The first-order valence-electron chi connectivity index (χ1n) is 7.34. The number of benzene rings is 1. The third-order valence-corrected chi connectivity index (χ3v) is 3.85. The number of hydrogen-bond acceptors (Lipinski definition) is 5. The van der Waals surface area contributed by atoms with Gasteiger partial charge in [0.2, 0.25) is 5.82 Å². The molecule has 0 bridgehead atoms. The Hall–Kier alpha value is -2.51. The van der Waals surface area contributed by atoms with E-state index in [0.29, 0.717) is 11.3 Å². The summed E-state index contributed by atoms with van der Waals surface area (Å²) >= 11 is 0.908. The highest BCUT2D eigenvalue weighted by Gasteiger charge is 2.31. The van der Waals surface area contributed by atoms with Gasteiger partial charge in [-0.1, -0.05) is 0 Å². The van der Waals surface area contributed by atoms with E-state index in [0.717, 1.165) is 27.3 Å². The largest absolute Gasteiger partial charge is 0.435 e. The Balaban J connectivity index is 1.84. The lowest BCUT2D eigenvalue weighted by Crippen LogP contribution is -2.23. The number of aromatic amines is 1. The van der Waals surface area contributed by atoms with Gasteiger partial charge >= 0.3 is 10.5 Å². The molecule has 2 aromatic heterocycles. The van der Waals surface area contributed by atoms with Crippen molar-refractivity contribution in [3.05, 3.63) is 58.4 Å². The van der Waals surface area contributed by atoms with E-state index >= 15 is 0 Å². The molecule has 0 amide bonds. The summed E-state index contributed by atoms with van der Waals surface area (Å²) in [6, 6.07) is 8.37. The second-order valence-electron chi connectivity index (χ2n) is 5.24. The van der Waals surface area contributed by atoms with Crippen molar-refractivity contribution in [1.82, 2.24) is 25.0 Å². The fourth-order valence-corrected chi connectivity index (χ4v) is 2.40. The van der Waals surface area contributed by atoms with Crippen LogP contribution in [0.2, 0.25) is 0 Å².